The second kappa shape index (κ2) is 8.84. The molecule has 0 aliphatic carbocycles. The molecule has 0 unspecified atom stereocenters. The van der Waals surface area contributed by atoms with Gasteiger partial charge in [0.2, 0.25) is 0 Å². The van der Waals surface area contributed by atoms with Gasteiger partial charge in [-0.3, -0.25) is 4.79 Å². The van der Waals surface area contributed by atoms with Gasteiger partial charge in [0.15, 0.2) is 0 Å². The van der Waals surface area contributed by atoms with Crippen molar-refractivity contribution in [1.29, 1.82) is 0 Å². The second-order valence-corrected chi connectivity index (χ2v) is 7.70. The Labute approximate surface area is 170 Å². The predicted molar refractivity (Wildman–Crippen MR) is 110 cm³/mol. The first kappa shape index (κ1) is 19.7. The Morgan fingerprint density at radius 2 is 1.93 bits per heavy atom. The number of fused-ring (bicyclic) bond motifs is 3. The van der Waals surface area contributed by atoms with Crippen LogP contribution in [0.15, 0.2) is 46.9 Å². The topological polar surface area (TPSA) is 73.3 Å². The monoisotopic (exact) mass is 398 g/mol. The van der Waals surface area contributed by atoms with Crippen molar-refractivity contribution >= 4 is 27.9 Å². The third-order valence-electron chi connectivity index (χ3n) is 5.63. The van der Waals surface area contributed by atoms with Crippen LogP contribution in [0.1, 0.15) is 19.8 Å². The summed E-state index contributed by atoms with van der Waals surface area (Å²) in [7, 11) is 0. The number of hydrogen-bond acceptors (Lipinski definition) is 5. The summed E-state index contributed by atoms with van der Waals surface area (Å²) in [5.41, 5.74) is 1.68. The van der Waals surface area contributed by atoms with Gasteiger partial charge in [-0.05, 0) is 31.2 Å². The minimum atomic E-state index is -0.555. The van der Waals surface area contributed by atoms with E-state index in [1.165, 1.54) is 4.90 Å². The number of nitrogens with one attached hydrogen (secondary N) is 1. The quantitative estimate of drug-likeness (QED) is 0.597. The molecule has 0 radical (unpaired) electrons. The second-order valence-electron chi connectivity index (χ2n) is 7.70. The molecule has 0 bridgehead atoms. The van der Waals surface area contributed by atoms with Gasteiger partial charge in [0.25, 0.3) is 0 Å². The highest BCUT2D eigenvalue weighted by atomic mass is 16.5. The average molecular weight is 398 g/mol. The zero-order valence-electron chi connectivity index (χ0n) is 16.7. The molecule has 0 amide bonds. The fourth-order valence-electron chi connectivity index (χ4n) is 4.11. The Balaban J connectivity index is 1.29. The van der Waals surface area contributed by atoms with Crippen LogP contribution in [-0.4, -0.2) is 50.0 Å². The van der Waals surface area contributed by atoms with E-state index in [-0.39, 0.29) is 18.5 Å². The summed E-state index contributed by atoms with van der Waals surface area (Å²) in [6.07, 6.45) is 1.07. The normalized spacial score (nSPS) is 20.6. The highest BCUT2D eigenvalue weighted by Gasteiger charge is 2.29. The van der Waals surface area contributed by atoms with E-state index in [2.05, 4.69) is 0 Å². The lowest BCUT2D eigenvalue weighted by atomic mass is 9.97. The van der Waals surface area contributed by atoms with E-state index in [9.17, 15) is 9.90 Å². The van der Waals surface area contributed by atoms with Crippen molar-refractivity contribution in [2.75, 3.05) is 32.8 Å². The summed E-state index contributed by atoms with van der Waals surface area (Å²) in [5.74, 6) is 0.639. The van der Waals surface area contributed by atoms with Crippen molar-refractivity contribution < 1.29 is 28.7 Å². The maximum absolute atomic E-state index is 11.8. The minimum absolute atomic E-state index is 0.00334. The summed E-state index contributed by atoms with van der Waals surface area (Å²) in [5, 5.41) is 12.5. The molecule has 154 valence electrons. The van der Waals surface area contributed by atoms with Crippen LogP contribution in [0, 0.1) is 5.92 Å². The van der Waals surface area contributed by atoms with Crippen LogP contribution < -0.4 is 9.64 Å². The number of furan rings is 1. The van der Waals surface area contributed by atoms with Crippen molar-refractivity contribution in [3.05, 3.63) is 42.5 Å². The molecule has 2 N–H and O–H groups in total. The Hall–Kier alpha value is -2.57. The van der Waals surface area contributed by atoms with Gasteiger partial charge in [-0.25, -0.2) is 0 Å². The molecule has 29 heavy (non-hydrogen) atoms. The summed E-state index contributed by atoms with van der Waals surface area (Å²) in [6, 6.07) is 13.7. The molecule has 1 saturated heterocycles. The number of likely N-dealkylation sites (tertiary alicyclic amines) is 1. The third-order valence-corrected chi connectivity index (χ3v) is 5.63. The summed E-state index contributed by atoms with van der Waals surface area (Å²) in [4.78, 5) is 13.1. The molecule has 6 heteroatoms. The summed E-state index contributed by atoms with van der Waals surface area (Å²) >= 11 is 0. The van der Waals surface area contributed by atoms with Crippen LogP contribution in [0.4, 0.5) is 0 Å². The van der Waals surface area contributed by atoms with Crippen LogP contribution in [0.25, 0.3) is 21.9 Å². The first-order valence-electron chi connectivity index (χ1n) is 10.4. The first-order valence-corrected chi connectivity index (χ1v) is 10.4. The molecule has 1 aliphatic rings. The highest BCUT2D eigenvalue weighted by Crippen LogP contribution is 2.31. The number of hydrogen-bond donors (Lipinski definition) is 2. The predicted octanol–water partition coefficient (Wildman–Crippen LogP) is 2.18. The largest absolute Gasteiger partial charge is 0.491 e. The van der Waals surface area contributed by atoms with E-state index >= 15 is 0 Å². The maximum Gasteiger partial charge on any atom is 0.309 e. The molecular formula is C23H28NO5+. The Bertz CT molecular complexity index is 974. The van der Waals surface area contributed by atoms with E-state index in [0.717, 1.165) is 53.6 Å². The number of esters is 1. The third kappa shape index (κ3) is 4.54. The Kier molecular flexibility index (Phi) is 6.02. The van der Waals surface area contributed by atoms with Crippen molar-refractivity contribution in [3.8, 4) is 5.75 Å². The van der Waals surface area contributed by atoms with Crippen LogP contribution >= 0.6 is 0 Å². The first-order chi connectivity index (χ1) is 14.1. The number of rotatable bonds is 7. The number of carbonyl (C=O) groups is 1. The lowest BCUT2D eigenvalue weighted by Gasteiger charge is -2.29. The molecule has 4 rings (SSSR count). The number of aliphatic hydroxyl groups excluding tert-OH is 1. The van der Waals surface area contributed by atoms with Gasteiger partial charge in [0.05, 0.1) is 25.6 Å². The molecular weight excluding hydrogens is 370 g/mol. The number of carbonyl (C=O) groups excluding carboxylic acids is 1. The van der Waals surface area contributed by atoms with Gasteiger partial charge in [-0.1, -0.05) is 18.2 Å². The van der Waals surface area contributed by atoms with E-state index in [4.69, 9.17) is 13.9 Å². The fourth-order valence-corrected chi connectivity index (χ4v) is 4.11. The SMILES string of the molecule is CCOC(=O)C1CC[NH+](C[C@@H](O)COc2ccc3oc4ccccc4c3c2)CC1. The minimum Gasteiger partial charge on any atom is -0.491 e. The van der Waals surface area contributed by atoms with Crippen molar-refractivity contribution in [1.82, 2.24) is 0 Å². The van der Waals surface area contributed by atoms with Gasteiger partial charge in [-0.15, -0.1) is 0 Å². The van der Waals surface area contributed by atoms with Crippen LogP contribution in [0.2, 0.25) is 0 Å². The molecule has 0 saturated carbocycles. The van der Waals surface area contributed by atoms with Gasteiger partial charge >= 0.3 is 5.97 Å². The average Bonchev–Trinajstić information content (AvgIpc) is 3.11. The lowest BCUT2D eigenvalue weighted by Crippen LogP contribution is -3.14. The number of quaternary nitrogens is 1. The number of benzene rings is 2. The molecule has 1 aromatic heterocycles. The molecule has 1 atom stereocenters. The molecule has 1 aliphatic heterocycles. The van der Waals surface area contributed by atoms with Crippen molar-refractivity contribution in [3.63, 3.8) is 0 Å². The van der Waals surface area contributed by atoms with E-state index in [0.29, 0.717) is 13.2 Å². The van der Waals surface area contributed by atoms with Crippen LogP contribution in [0.5, 0.6) is 5.75 Å². The molecule has 2 heterocycles. The molecule has 0 spiro atoms. The van der Waals surface area contributed by atoms with Gasteiger partial charge in [-0.2, -0.15) is 0 Å². The number of ether oxygens (including phenoxy) is 2. The van der Waals surface area contributed by atoms with Gasteiger partial charge in [0.1, 0.15) is 36.2 Å². The number of para-hydroxylation sites is 1. The standard InChI is InChI=1S/C23H27NO5/c1-2-27-23(26)16-9-11-24(12-10-16)14-17(25)15-28-18-7-8-22-20(13-18)19-5-3-4-6-21(19)29-22/h3-8,13,16-17,25H,2,9-12,14-15H2,1H3/p+1/t17-/m1/s1. The van der Waals surface area contributed by atoms with E-state index in [1.807, 2.05) is 49.4 Å². The van der Waals surface area contributed by atoms with Crippen LogP contribution in [0.3, 0.4) is 0 Å². The highest BCUT2D eigenvalue weighted by molar-refractivity contribution is 6.05. The molecule has 2 aromatic carbocycles. The Morgan fingerprint density at radius 1 is 1.17 bits per heavy atom. The summed E-state index contributed by atoms with van der Waals surface area (Å²) in [6.45, 7) is 4.86. The molecule has 3 aromatic rings. The zero-order valence-corrected chi connectivity index (χ0v) is 16.7. The number of piperidine rings is 1. The maximum atomic E-state index is 11.8. The summed E-state index contributed by atoms with van der Waals surface area (Å²) < 4.78 is 16.8. The van der Waals surface area contributed by atoms with Crippen molar-refractivity contribution in [2.24, 2.45) is 5.92 Å². The van der Waals surface area contributed by atoms with E-state index < -0.39 is 6.10 Å². The Morgan fingerprint density at radius 3 is 2.72 bits per heavy atom. The van der Waals surface area contributed by atoms with Crippen LogP contribution in [-0.2, 0) is 9.53 Å². The van der Waals surface area contributed by atoms with Gasteiger partial charge in [0, 0.05) is 23.6 Å². The molecule has 1 fully saturated rings. The fraction of sp³-hybridized carbons (Fsp3) is 0.435. The number of aliphatic hydroxyl groups is 1. The van der Waals surface area contributed by atoms with E-state index in [1.54, 1.807) is 0 Å². The van der Waals surface area contributed by atoms with Crippen molar-refractivity contribution in [2.45, 2.75) is 25.9 Å². The molecule has 6 nitrogen and oxygen atoms in total. The zero-order chi connectivity index (χ0) is 20.2. The van der Waals surface area contributed by atoms with Gasteiger partial charge < -0.3 is 23.9 Å². The lowest BCUT2D eigenvalue weighted by molar-refractivity contribution is -0.908. The smallest absolute Gasteiger partial charge is 0.309 e.